The Bertz CT molecular complexity index is 737. The van der Waals surface area contributed by atoms with E-state index >= 15 is 0 Å². The van der Waals surface area contributed by atoms with Gasteiger partial charge in [0.15, 0.2) is 11.5 Å². The minimum atomic E-state index is -0.223. The smallest absolute Gasteiger partial charge is 0.252 e. The molecule has 1 amide bonds. The van der Waals surface area contributed by atoms with Gasteiger partial charge in [-0.3, -0.25) is 4.79 Å². The van der Waals surface area contributed by atoms with E-state index in [1.54, 1.807) is 6.07 Å². The summed E-state index contributed by atoms with van der Waals surface area (Å²) in [4.78, 5) is 15.9. The monoisotopic (exact) mass is 309 g/mol. The molecule has 116 valence electrons. The Morgan fingerprint density at radius 2 is 2.13 bits per heavy atom. The van der Waals surface area contributed by atoms with Gasteiger partial charge in [-0.1, -0.05) is 12.1 Å². The molecular weight excluding hydrogens is 294 g/mol. The molecule has 1 atom stereocenters. The highest BCUT2D eigenvalue weighted by Gasteiger charge is 2.20. The van der Waals surface area contributed by atoms with Crippen molar-refractivity contribution in [2.24, 2.45) is 0 Å². The molecule has 1 N–H and O–H groups in total. The average molecular weight is 309 g/mol. The van der Waals surface area contributed by atoms with E-state index in [1.165, 1.54) is 12.3 Å². The molecule has 0 fully saturated rings. The molecule has 0 saturated carbocycles. The molecule has 2 aromatic rings. The highest BCUT2D eigenvalue weighted by molar-refractivity contribution is 5.93. The predicted octanol–water partition coefficient (Wildman–Crippen LogP) is 1.91. The van der Waals surface area contributed by atoms with Crippen LogP contribution >= 0.6 is 0 Å². The zero-order valence-electron chi connectivity index (χ0n) is 12.4. The van der Waals surface area contributed by atoms with Crippen LogP contribution in [0.4, 0.5) is 0 Å². The molecule has 0 bridgehead atoms. The number of carbonyl (C=O) groups excluding carboxylic acids is 1. The first-order valence-electron chi connectivity index (χ1n) is 7.29. The number of para-hydroxylation sites is 2. The van der Waals surface area contributed by atoms with Gasteiger partial charge in [-0.25, -0.2) is 4.98 Å². The van der Waals surface area contributed by atoms with E-state index in [2.05, 4.69) is 10.3 Å². The van der Waals surface area contributed by atoms with Gasteiger partial charge in [0.1, 0.15) is 24.5 Å². The SMILES string of the molecule is N#Cc1ccc(C(=O)NCCC2COc3ccccc3O2)cn1. The number of nitriles is 1. The second-order valence-electron chi connectivity index (χ2n) is 5.09. The molecule has 6 heteroatoms. The van der Waals surface area contributed by atoms with Crippen molar-refractivity contribution in [2.45, 2.75) is 12.5 Å². The Kier molecular flexibility index (Phi) is 4.39. The number of benzene rings is 1. The van der Waals surface area contributed by atoms with E-state index in [-0.39, 0.29) is 17.7 Å². The third-order valence-electron chi connectivity index (χ3n) is 3.46. The fourth-order valence-corrected chi connectivity index (χ4v) is 2.25. The molecule has 1 aromatic heterocycles. The van der Waals surface area contributed by atoms with Crippen LogP contribution in [0.3, 0.4) is 0 Å². The summed E-state index contributed by atoms with van der Waals surface area (Å²) in [5, 5.41) is 11.5. The standard InChI is InChI=1S/C17H15N3O3/c18-9-13-6-5-12(10-20-13)17(21)19-8-7-14-11-22-15-3-1-2-4-16(15)23-14/h1-6,10,14H,7-8,11H2,(H,19,21). The van der Waals surface area contributed by atoms with Gasteiger partial charge in [-0.2, -0.15) is 5.26 Å². The van der Waals surface area contributed by atoms with Crippen molar-refractivity contribution in [3.05, 3.63) is 53.9 Å². The van der Waals surface area contributed by atoms with Crippen molar-refractivity contribution in [1.29, 1.82) is 5.26 Å². The van der Waals surface area contributed by atoms with Crippen LogP contribution < -0.4 is 14.8 Å². The van der Waals surface area contributed by atoms with Crippen LogP contribution in [0, 0.1) is 11.3 Å². The maximum absolute atomic E-state index is 12.0. The Balaban J connectivity index is 1.48. The summed E-state index contributed by atoms with van der Waals surface area (Å²) in [5.41, 5.74) is 0.711. The Hall–Kier alpha value is -3.07. The number of hydrogen-bond acceptors (Lipinski definition) is 5. The summed E-state index contributed by atoms with van der Waals surface area (Å²) in [7, 11) is 0. The number of nitrogens with zero attached hydrogens (tertiary/aromatic N) is 2. The number of carbonyl (C=O) groups is 1. The topological polar surface area (TPSA) is 84.2 Å². The van der Waals surface area contributed by atoms with Crippen LogP contribution in [0.15, 0.2) is 42.6 Å². The largest absolute Gasteiger partial charge is 0.486 e. The third-order valence-corrected chi connectivity index (χ3v) is 3.46. The fraction of sp³-hybridized carbons (Fsp3) is 0.235. The Labute approximate surface area is 133 Å². The van der Waals surface area contributed by atoms with E-state index in [9.17, 15) is 4.79 Å². The average Bonchev–Trinajstić information content (AvgIpc) is 2.61. The molecule has 0 aliphatic carbocycles. The Morgan fingerprint density at radius 1 is 1.30 bits per heavy atom. The van der Waals surface area contributed by atoms with Crippen LogP contribution in [0.25, 0.3) is 0 Å². The molecule has 0 spiro atoms. The second-order valence-corrected chi connectivity index (χ2v) is 5.09. The number of pyridine rings is 1. The molecule has 1 aliphatic rings. The normalized spacial score (nSPS) is 15.5. The molecule has 23 heavy (non-hydrogen) atoms. The minimum Gasteiger partial charge on any atom is -0.486 e. The lowest BCUT2D eigenvalue weighted by Gasteiger charge is -2.26. The van der Waals surface area contributed by atoms with E-state index in [4.69, 9.17) is 14.7 Å². The first-order chi connectivity index (χ1) is 11.3. The van der Waals surface area contributed by atoms with Crippen molar-refractivity contribution in [3.63, 3.8) is 0 Å². The third kappa shape index (κ3) is 3.58. The summed E-state index contributed by atoms with van der Waals surface area (Å²) in [5.74, 6) is 1.25. The van der Waals surface area contributed by atoms with Crippen LogP contribution in [0.1, 0.15) is 22.5 Å². The van der Waals surface area contributed by atoms with Crippen molar-refractivity contribution in [3.8, 4) is 17.6 Å². The van der Waals surface area contributed by atoms with Crippen LogP contribution in [-0.4, -0.2) is 30.1 Å². The summed E-state index contributed by atoms with van der Waals surface area (Å²) < 4.78 is 11.5. The first-order valence-corrected chi connectivity index (χ1v) is 7.29. The van der Waals surface area contributed by atoms with Crippen molar-refractivity contribution >= 4 is 5.91 Å². The molecule has 1 aromatic carbocycles. The minimum absolute atomic E-state index is 0.0933. The van der Waals surface area contributed by atoms with Gasteiger partial charge >= 0.3 is 0 Å². The number of ether oxygens (including phenoxy) is 2. The molecule has 0 radical (unpaired) electrons. The maximum atomic E-state index is 12.0. The van der Waals surface area contributed by atoms with Crippen molar-refractivity contribution in [1.82, 2.24) is 10.3 Å². The lowest BCUT2D eigenvalue weighted by molar-refractivity contribution is 0.0812. The quantitative estimate of drug-likeness (QED) is 0.932. The van der Waals surface area contributed by atoms with Crippen molar-refractivity contribution in [2.75, 3.05) is 13.2 Å². The summed E-state index contributed by atoms with van der Waals surface area (Å²) in [6, 6.07) is 12.5. The van der Waals surface area contributed by atoms with Gasteiger partial charge < -0.3 is 14.8 Å². The fourth-order valence-electron chi connectivity index (χ4n) is 2.25. The molecule has 6 nitrogen and oxygen atoms in total. The van der Waals surface area contributed by atoms with E-state index in [0.29, 0.717) is 25.1 Å². The zero-order chi connectivity index (χ0) is 16.1. The van der Waals surface area contributed by atoms with E-state index in [0.717, 1.165) is 11.5 Å². The number of nitrogens with one attached hydrogen (secondary N) is 1. The summed E-state index contributed by atoms with van der Waals surface area (Å²) in [6.07, 6.45) is 1.94. The molecule has 3 rings (SSSR count). The lowest BCUT2D eigenvalue weighted by Crippen LogP contribution is -2.34. The lowest BCUT2D eigenvalue weighted by atomic mass is 10.2. The van der Waals surface area contributed by atoms with Crippen LogP contribution in [0.5, 0.6) is 11.5 Å². The van der Waals surface area contributed by atoms with Crippen LogP contribution in [0.2, 0.25) is 0 Å². The number of amides is 1. The van der Waals surface area contributed by atoms with Crippen LogP contribution in [-0.2, 0) is 0 Å². The van der Waals surface area contributed by atoms with Crippen molar-refractivity contribution < 1.29 is 14.3 Å². The molecule has 1 aliphatic heterocycles. The number of hydrogen-bond donors (Lipinski definition) is 1. The Morgan fingerprint density at radius 3 is 2.87 bits per heavy atom. The molecule has 0 saturated heterocycles. The highest BCUT2D eigenvalue weighted by Crippen LogP contribution is 2.31. The number of rotatable bonds is 4. The summed E-state index contributed by atoms with van der Waals surface area (Å²) >= 11 is 0. The molecular formula is C17H15N3O3. The van der Waals surface area contributed by atoms with Gasteiger partial charge in [-0.15, -0.1) is 0 Å². The molecule has 2 heterocycles. The van der Waals surface area contributed by atoms with Gasteiger partial charge in [0.2, 0.25) is 0 Å². The number of aromatic nitrogens is 1. The zero-order valence-corrected chi connectivity index (χ0v) is 12.4. The van der Waals surface area contributed by atoms with Gasteiger partial charge in [0, 0.05) is 19.2 Å². The van der Waals surface area contributed by atoms with E-state index < -0.39 is 0 Å². The predicted molar refractivity (Wildman–Crippen MR) is 82.3 cm³/mol. The van der Waals surface area contributed by atoms with Gasteiger partial charge in [-0.05, 0) is 24.3 Å². The molecule has 1 unspecified atom stereocenters. The van der Waals surface area contributed by atoms with Gasteiger partial charge in [0.05, 0.1) is 5.56 Å². The highest BCUT2D eigenvalue weighted by atomic mass is 16.6. The maximum Gasteiger partial charge on any atom is 0.252 e. The van der Waals surface area contributed by atoms with Gasteiger partial charge in [0.25, 0.3) is 5.91 Å². The first kappa shape index (κ1) is 14.9. The second kappa shape index (κ2) is 6.79. The van der Waals surface area contributed by atoms with E-state index in [1.807, 2.05) is 30.3 Å². The summed E-state index contributed by atoms with van der Waals surface area (Å²) in [6.45, 7) is 0.931. The number of fused-ring (bicyclic) bond motifs is 1.